The van der Waals surface area contributed by atoms with Gasteiger partial charge in [-0.15, -0.1) is 0 Å². The minimum Gasteiger partial charge on any atom is -0.467 e. The molecule has 2 amide bonds. The van der Waals surface area contributed by atoms with Crippen molar-refractivity contribution < 1.29 is 14.0 Å². The predicted octanol–water partition coefficient (Wildman–Crippen LogP) is 5.37. The number of carbonyl (C=O) groups excluding carboxylic acids is 2. The molecular weight excluding hydrogens is 461 g/mol. The van der Waals surface area contributed by atoms with Crippen molar-refractivity contribution in [2.45, 2.75) is 25.9 Å². The first-order valence-electron chi connectivity index (χ1n) is 10.9. The van der Waals surface area contributed by atoms with Gasteiger partial charge in [-0.1, -0.05) is 41.4 Å². The number of likely N-dealkylation sites (tertiary alicyclic amines) is 1. The number of hydrogen-bond donors (Lipinski definition) is 2. The molecule has 6 nitrogen and oxygen atoms in total. The van der Waals surface area contributed by atoms with Gasteiger partial charge in [0.1, 0.15) is 5.76 Å². The Morgan fingerprint density at radius 3 is 2.39 bits per heavy atom. The van der Waals surface area contributed by atoms with Crippen LogP contribution in [0.2, 0.25) is 10.0 Å². The number of piperidine rings is 1. The van der Waals surface area contributed by atoms with E-state index in [1.54, 1.807) is 42.7 Å². The van der Waals surface area contributed by atoms with E-state index in [2.05, 4.69) is 15.5 Å². The van der Waals surface area contributed by atoms with Crippen molar-refractivity contribution in [1.29, 1.82) is 0 Å². The topological polar surface area (TPSA) is 74.6 Å². The van der Waals surface area contributed by atoms with Gasteiger partial charge >= 0.3 is 0 Å². The number of halogens is 2. The number of benzene rings is 2. The van der Waals surface area contributed by atoms with Crippen LogP contribution < -0.4 is 10.6 Å². The van der Waals surface area contributed by atoms with Gasteiger partial charge < -0.3 is 15.1 Å². The Morgan fingerprint density at radius 1 is 0.970 bits per heavy atom. The zero-order chi connectivity index (χ0) is 23.2. The maximum absolute atomic E-state index is 12.9. The third kappa shape index (κ3) is 5.96. The number of para-hydroxylation sites is 1. The molecule has 2 aromatic carbocycles. The summed E-state index contributed by atoms with van der Waals surface area (Å²) in [7, 11) is 0. The van der Waals surface area contributed by atoms with E-state index < -0.39 is 0 Å². The molecule has 172 valence electrons. The maximum atomic E-state index is 12.9. The van der Waals surface area contributed by atoms with Crippen LogP contribution in [0.3, 0.4) is 0 Å². The summed E-state index contributed by atoms with van der Waals surface area (Å²) in [6, 6.07) is 16.1. The van der Waals surface area contributed by atoms with Crippen LogP contribution in [0.15, 0.2) is 65.3 Å². The zero-order valence-corrected chi connectivity index (χ0v) is 19.5. The molecule has 1 aromatic heterocycles. The lowest BCUT2D eigenvalue weighted by Crippen LogP contribution is -2.38. The smallest absolute Gasteiger partial charge is 0.253 e. The van der Waals surface area contributed by atoms with Crippen LogP contribution in [0.1, 0.15) is 34.5 Å². The monoisotopic (exact) mass is 485 g/mol. The minimum absolute atomic E-state index is 0.0725. The lowest BCUT2D eigenvalue weighted by Gasteiger charge is -2.31. The van der Waals surface area contributed by atoms with Crippen molar-refractivity contribution in [1.82, 2.24) is 10.2 Å². The van der Waals surface area contributed by atoms with Gasteiger partial charge in [-0.3, -0.25) is 14.5 Å². The fourth-order valence-electron chi connectivity index (χ4n) is 3.96. The molecule has 0 atom stereocenters. The largest absolute Gasteiger partial charge is 0.467 e. The lowest BCUT2D eigenvalue weighted by atomic mass is 9.95. The van der Waals surface area contributed by atoms with E-state index in [4.69, 9.17) is 27.6 Å². The van der Waals surface area contributed by atoms with Crippen molar-refractivity contribution in [3.8, 4) is 0 Å². The third-order valence-corrected chi connectivity index (χ3v) is 6.54. The first-order chi connectivity index (χ1) is 16.0. The van der Waals surface area contributed by atoms with E-state index in [9.17, 15) is 9.59 Å². The first-order valence-corrected chi connectivity index (χ1v) is 11.6. The second-order valence-corrected chi connectivity index (χ2v) is 8.86. The number of hydrogen-bond acceptors (Lipinski definition) is 4. The number of rotatable bonds is 7. The maximum Gasteiger partial charge on any atom is 0.253 e. The molecule has 33 heavy (non-hydrogen) atoms. The molecule has 3 aromatic rings. The fraction of sp³-hybridized carbons (Fsp3) is 0.280. The molecule has 1 aliphatic rings. The van der Waals surface area contributed by atoms with Crippen LogP contribution in [0.5, 0.6) is 0 Å². The summed E-state index contributed by atoms with van der Waals surface area (Å²) in [4.78, 5) is 27.9. The second-order valence-electron chi connectivity index (χ2n) is 8.05. The van der Waals surface area contributed by atoms with Gasteiger partial charge in [0.2, 0.25) is 5.91 Å². The van der Waals surface area contributed by atoms with E-state index in [1.807, 2.05) is 18.2 Å². The summed E-state index contributed by atoms with van der Waals surface area (Å²) < 4.78 is 5.25. The van der Waals surface area contributed by atoms with Gasteiger partial charge in [-0.05, 0) is 62.3 Å². The average Bonchev–Trinajstić information content (AvgIpc) is 3.34. The van der Waals surface area contributed by atoms with E-state index in [-0.39, 0.29) is 24.3 Å². The van der Waals surface area contributed by atoms with Crippen molar-refractivity contribution in [3.63, 3.8) is 0 Å². The van der Waals surface area contributed by atoms with Crippen LogP contribution in [-0.2, 0) is 17.9 Å². The molecule has 0 unspecified atom stereocenters. The number of nitrogens with zero attached hydrogens (tertiary/aromatic N) is 1. The summed E-state index contributed by atoms with van der Waals surface area (Å²) in [5, 5.41) is 7.09. The van der Waals surface area contributed by atoms with Crippen molar-refractivity contribution in [2.75, 3.05) is 18.4 Å². The minimum atomic E-state index is -0.270. The number of amides is 2. The Morgan fingerprint density at radius 2 is 1.70 bits per heavy atom. The highest BCUT2D eigenvalue weighted by molar-refractivity contribution is 6.35. The molecule has 0 spiro atoms. The average molecular weight is 486 g/mol. The van der Waals surface area contributed by atoms with E-state index in [0.717, 1.165) is 31.5 Å². The Bertz CT molecular complexity index is 1090. The summed E-state index contributed by atoms with van der Waals surface area (Å²) >= 11 is 12.6. The molecule has 4 rings (SSSR count). The summed E-state index contributed by atoms with van der Waals surface area (Å²) in [5.41, 5.74) is 1.84. The number of carbonyl (C=O) groups is 2. The molecule has 0 aliphatic carbocycles. The van der Waals surface area contributed by atoms with Crippen molar-refractivity contribution >= 4 is 40.7 Å². The van der Waals surface area contributed by atoms with Crippen molar-refractivity contribution in [2.24, 2.45) is 5.92 Å². The fourth-order valence-corrected chi connectivity index (χ4v) is 4.48. The Balaban J connectivity index is 1.32. The summed E-state index contributed by atoms with van der Waals surface area (Å²) in [6.45, 7) is 2.48. The van der Waals surface area contributed by atoms with Crippen LogP contribution in [0.25, 0.3) is 0 Å². The molecule has 0 bridgehead atoms. The standard InChI is InChI=1S/C25H25Cl2N3O3/c26-21-7-3-8-22(27)20(21)16-30-12-10-17(11-13-30)24(31)29-23-9-2-1-6-19(23)25(32)28-15-18-5-4-14-33-18/h1-9,14,17H,10-13,15-16H2,(H,28,32)(H,29,31). The molecule has 2 N–H and O–H groups in total. The first kappa shape index (κ1) is 23.4. The van der Waals surface area contributed by atoms with Gasteiger partial charge in [0.25, 0.3) is 5.91 Å². The lowest BCUT2D eigenvalue weighted by molar-refractivity contribution is -0.121. The highest BCUT2D eigenvalue weighted by atomic mass is 35.5. The molecule has 1 aliphatic heterocycles. The van der Waals surface area contributed by atoms with E-state index in [0.29, 0.717) is 33.6 Å². The van der Waals surface area contributed by atoms with Gasteiger partial charge in [-0.25, -0.2) is 0 Å². The second kappa shape index (κ2) is 10.9. The molecule has 8 heteroatoms. The normalized spacial score (nSPS) is 14.7. The van der Waals surface area contributed by atoms with Gasteiger partial charge in [0, 0.05) is 28.1 Å². The summed E-state index contributed by atoms with van der Waals surface area (Å²) in [5.74, 6) is 0.197. The molecule has 2 heterocycles. The highest BCUT2D eigenvalue weighted by Gasteiger charge is 2.26. The van der Waals surface area contributed by atoms with Crippen molar-refractivity contribution in [3.05, 3.63) is 87.8 Å². The highest BCUT2D eigenvalue weighted by Crippen LogP contribution is 2.28. The van der Waals surface area contributed by atoms with E-state index >= 15 is 0 Å². The Labute approximate surface area is 202 Å². The van der Waals surface area contributed by atoms with Gasteiger partial charge in [-0.2, -0.15) is 0 Å². The quantitative estimate of drug-likeness (QED) is 0.471. The SMILES string of the molecule is O=C(NCc1ccco1)c1ccccc1NC(=O)C1CCN(Cc2c(Cl)cccc2Cl)CC1. The van der Waals surface area contributed by atoms with E-state index in [1.165, 1.54) is 0 Å². The Kier molecular flexibility index (Phi) is 7.70. The molecule has 0 saturated carbocycles. The van der Waals surface area contributed by atoms with Gasteiger partial charge in [0.15, 0.2) is 0 Å². The third-order valence-electron chi connectivity index (χ3n) is 5.83. The number of nitrogens with one attached hydrogen (secondary N) is 2. The molecule has 1 fully saturated rings. The van der Waals surface area contributed by atoms with Crippen LogP contribution in [0.4, 0.5) is 5.69 Å². The number of furan rings is 1. The van der Waals surface area contributed by atoms with Crippen LogP contribution in [-0.4, -0.2) is 29.8 Å². The molecule has 0 radical (unpaired) electrons. The predicted molar refractivity (Wildman–Crippen MR) is 129 cm³/mol. The molecular formula is C25H25Cl2N3O3. The van der Waals surface area contributed by atoms with Gasteiger partial charge in [0.05, 0.1) is 24.1 Å². The van der Waals surface area contributed by atoms with Crippen LogP contribution in [0, 0.1) is 5.92 Å². The number of anilines is 1. The Hall–Kier alpha value is -2.80. The molecule has 1 saturated heterocycles. The zero-order valence-electron chi connectivity index (χ0n) is 18.0. The van der Waals surface area contributed by atoms with Crippen LogP contribution >= 0.6 is 23.2 Å². The summed E-state index contributed by atoms with van der Waals surface area (Å²) in [6.07, 6.45) is 3.01.